The second-order valence-electron chi connectivity index (χ2n) is 4.54. The summed E-state index contributed by atoms with van der Waals surface area (Å²) in [6.45, 7) is 2.04. The predicted molar refractivity (Wildman–Crippen MR) is 80.2 cm³/mol. The van der Waals surface area contributed by atoms with E-state index in [1.54, 1.807) is 7.11 Å². The maximum absolute atomic E-state index is 5.11. The molecule has 0 radical (unpaired) electrons. The van der Waals surface area contributed by atoms with E-state index in [1.807, 2.05) is 49.4 Å². The first-order chi connectivity index (χ1) is 9.78. The van der Waals surface area contributed by atoms with E-state index in [1.165, 1.54) is 5.39 Å². The molecule has 100 valence electrons. The van der Waals surface area contributed by atoms with E-state index in [-0.39, 0.29) is 0 Å². The molecule has 20 heavy (non-hydrogen) atoms. The van der Waals surface area contributed by atoms with Crippen molar-refractivity contribution >= 4 is 22.4 Å². The molecule has 4 heteroatoms. The number of methoxy groups -OCH3 is 1. The highest BCUT2D eigenvalue weighted by Crippen LogP contribution is 2.28. The van der Waals surface area contributed by atoms with Gasteiger partial charge in [0.1, 0.15) is 5.75 Å². The van der Waals surface area contributed by atoms with Crippen LogP contribution < -0.4 is 4.74 Å². The van der Waals surface area contributed by atoms with Gasteiger partial charge in [0.25, 0.3) is 0 Å². The number of nitrogens with zero attached hydrogens (tertiary/aromatic N) is 2. The number of para-hydroxylation sites is 1. The molecule has 0 saturated carbocycles. The highest BCUT2D eigenvalue weighted by atomic mass is 16.5. The van der Waals surface area contributed by atoms with Gasteiger partial charge in [0, 0.05) is 16.5 Å². The Kier molecular flexibility index (Phi) is 3.21. The highest BCUT2D eigenvalue weighted by Gasteiger charge is 2.05. The highest BCUT2D eigenvalue weighted by molar-refractivity contribution is 5.87. The van der Waals surface area contributed by atoms with Crippen LogP contribution in [0.5, 0.6) is 5.75 Å². The molecule has 0 atom stereocenters. The lowest BCUT2D eigenvalue weighted by Crippen LogP contribution is -1.79. The van der Waals surface area contributed by atoms with Crippen LogP contribution in [0.1, 0.15) is 5.56 Å². The van der Waals surface area contributed by atoms with Gasteiger partial charge in [-0.1, -0.05) is 18.2 Å². The van der Waals surface area contributed by atoms with Gasteiger partial charge < -0.3 is 9.72 Å². The fraction of sp³-hybridized carbons (Fsp3) is 0.125. The van der Waals surface area contributed by atoms with Crippen LogP contribution in [0.4, 0.5) is 11.5 Å². The van der Waals surface area contributed by atoms with Crippen molar-refractivity contribution in [3.8, 4) is 5.75 Å². The van der Waals surface area contributed by atoms with E-state index in [4.69, 9.17) is 4.74 Å². The molecule has 1 N–H and O–H groups in total. The fourth-order valence-electron chi connectivity index (χ4n) is 2.12. The minimum Gasteiger partial charge on any atom is -0.497 e. The van der Waals surface area contributed by atoms with Crippen molar-refractivity contribution in [1.82, 2.24) is 4.98 Å². The van der Waals surface area contributed by atoms with Crippen LogP contribution in [0, 0.1) is 6.92 Å². The zero-order chi connectivity index (χ0) is 13.9. The molecule has 0 aliphatic heterocycles. The van der Waals surface area contributed by atoms with Gasteiger partial charge in [-0.25, -0.2) is 0 Å². The van der Waals surface area contributed by atoms with Crippen LogP contribution in [0.2, 0.25) is 0 Å². The first-order valence-corrected chi connectivity index (χ1v) is 6.41. The monoisotopic (exact) mass is 265 g/mol. The summed E-state index contributed by atoms with van der Waals surface area (Å²) in [7, 11) is 1.64. The smallest absolute Gasteiger partial charge is 0.156 e. The van der Waals surface area contributed by atoms with Gasteiger partial charge in [-0.05, 0) is 37.3 Å². The second-order valence-corrected chi connectivity index (χ2v) is 4.54. The molecule has 0 fully saturated rings. The topological polar surface area (TPSA) is 49.7 Å². The van der Waals surface area contributed by atoms with E-state index in [9.17, 15) is 0 Å². The third kappa shape index (κ3) is 2.28. The Morgan fingerprint density at radius 3 is 2.40 bits per heavy atom. The lowest BCUT2D eigenvalue weighted by Gasteiger charge is -1.98. The number of aromatic amines is 1. The van der Waals surface area contributed by atoms with Crippen LogP contribution in [0.25, 0.3) is 10.9 Å². The predicted octanol–water partition coefficient (Wildman–Crippen LogP) is 4.90. The number of H-pyrrole nitrogens is 1. The Bertz CT molecular complexity index is 757. The average Bonchev–Trinajstić information content (AvgIpc) is 2.83. The summed E-state index contributed by atoms with van der Waals surface area (Å²) < 4.78 is 5.11. The zero-order valence-corrected chi connectivity index (χ0v) is 11.4. The summed E-state index contributed by atoms with van der Waals surface area (Å²) in [6, 6.07) is 15.6. The minimum atomic E-state index is 0.794. The van der Waals surface area contributed by atoms with Gasteiger partial charge in [0.15, 0.2) is 5.82 Å². The summed E-state index contributed by atoms with van der Waals surface area (Å²) in [6.07, 6.45) is 0. The molecular formula is C16H15N3O. The van der Waals surface area contributed by atoms with Crippen LogP contribution in [0.15, 0.2) is 58.8 Å². The number of rotatable bonds is 3. The Balaban J connectivity index is 1.91. The summed E-state index contributed by atoms with van der Waals surface area (Å²) in [5.41, 5.74) is 2.98. The summed E-state index contributed by atoms with van der Waals surface area (Å²) in [5.74, 6) is 1.60. The first kappa shape index (κ1) is 12.4. The number of nitrogens with one attached hydrogen (secondary N) is 1. The Hall–Kier alpha value is -2.62. The van der Waals surface area contributed by atoms with Gasteiger partial charge in [-0.15, -0.1) is 10.2 Å². The molecule has 3 aromatic rings. The van der Waals surface area contributed by atoms with Crippen molar-refractivity contribution in [2.45, 2.75) is 6.92 Å². The first-order valence-electron chi connectivity index (χ1n) is 6.41. The van der Waals surface area contributed by atoms with E-state index in [0.29, 0.717) is 0 Å². The van der Waals surface area contributed by atoms with Crippen molar-refractivity contribution in [2.75, 3.05) is 7.11 Å². The van der Waals surface area contributed by atoms with Crippen molar-refractivity contribution in [1.29, 1.82) is 0 Å². The lowest BCUT2D eigenvalue weighted by molar-refractivity contribution is 0.415. The van der Waals surface area contributed by atoms with Gasteiger partial charge >= 0.3 is 0 Å². The van der Waals surface area contributed by atoms with E-state index in [0.717, 1.165) is 28.3 Å². The molecule has 4 nitrogen and oxygen atoms in total. The minimum absolute atomic E-state index is 0.794. The molecule has 0 spiro atoms. The maximum atomic E-state index is 5.11. The third-order valence-electron chi connectivity index (χ3n) is 3.28. The SMILES string of the molecule is COc1ccc(N=Nc2[nH]c3ccccc3c2C)cc1. The van der Waals surface area contributed by atoms with Crippen LogP contribution in [-0.4, -0.2) is 12.1 Å². The number of fused-ring (bicyclic) bond motifs is 1. The number of azo groups is 1. The summed E-state index contributed by atoms with van der Waals surface area (Å²) >= 11 is 0. The third-order valence-corrected chi connectivity index (χ3v) is 3.28. The lowest BCUT2D eigenvalue weighted by atomic mass is 10.2. The van der Waals surface area contributed by atoms with E-state index in [2.05, 4.69) is 21.3 Å². The molecule has 0 unspecified atom stereocenters. The molecule has 1 aromatic heterocycles. The molecule has 0 bridgehead atoms. The van der Waals surface area contributed by atoms with Crippen molar-refractivity contribution in [2.24, 2.45) is 10.2 Å². The van der Waals surface area contributed by atoms with Gasteiger partial charge in [-0.2, -0.15) is 0 Å². The Morgan fingerprint density at radius 2 is 1.70 bits per heavy atom. The molecular weight excluding hydrogens is 250 g/mol. The molecule has 0 saturated heterocycles. The largest absolute Gasteiger partial charge is 0.497 e. The number of aryl methyl sites for hydroxylation is 1. The van der Waals surface area contributed by atoms with Gasteiger partial charge in [0.05, 0.1) is 12.8 Å². The average molecular weight is 265 g/mol. The molecule has 0 amide bonds. The van der Waals surface area contributed by atoms with Gasteiger partial charge in [0.2, 0.25) is 0 Å². The molecule has 1 heterocycles. The standard InChI is InChI=1S/C16H15N3O/c1-11-14-5-3-4-6-15(14)17-16(11)19-18-12-7-9-13(20-2)10-8-12/h3-10,17H,1-2H3. The van der Waals surface area contributed by atoms with Crippen molar-refractivity contribution < 1.29 is 4.74 Å². The molecule has 2 aromatic carbocycles. The van der Waals surface area contributed by atoms with Crippen LogP contribution in [-0.2, 0) is 0 Å². The quantitative estimate of drug-likeness (QED) is 0.673. The molecule has 0 aliphatic carbocycles. The number of hydrogen-bond acceptors (Lipinski definition) is 3. The Morgan fingerprint density at radius 1 is 0.950 bits per heavy atom. The molecule has 3 rings (SSSR count). The van der Waals surface area contributed by atoms with Crippen molar-refractivity contribution in [3.05, 3.63) is 54.1 Å². The number of hydrogen-bond donors (Lipinski definition) is 1. The second kappa shape index (κ2) is 5.17. The van der Waals surface area contributed by atoms with Crippen molar-refractivity contribution in [3.63, 3.8) is 0 Å². The fourth-order valence-corrected chi connectivity index (χ4v) is 2.12. The van der Waals surface area contributed by atoms with E-state index < -0.39 is 0 Å². The zero-order valence-electron chi connectivity index (χ0n) is 11.4. The Labute approximate surface area is 117 Å². The van der Waals surface area contributed by atoms with Crippen LogP contribution >= 0.6 is 0 Å². The maximum Gasteiger partial charge on any atom is 0.156 e. The normalized spacial score (nSPS) is 11.3. The van der Waals surface area contributed by atoms with Gasteiger partial charge in [-0.3, -0.25) is 0 Å². The molecule has 0 aliphatic rings. The van der Waals surface area contributed by atoms with E-state index >= 15 is 0 Å². The summed E-state index contributed by atoms with van der Waals surface area (Å²) in [5, 5.41) is 9.72. The number of aromatic nitrogens is 1. The van der Waals surface area contributed by atoms with Crippen LogP contribution in [0.3, 0.4) is 0 Å². The number of ether oxygens (including phenoxy) is 1. The summed E-state index contributed by atoms with van der Waals surface area (Å²) in [4.78, 5) is 3.27. The number of benzene rings is 2.